The van der Waals surface area contributed by atoms with Gasteiger partial charge in [-0.3, -0.25) is 4.57 Å². The highest BCUT2D eigenvalue weighted by molar-refractivity contribution is 7.98. The molecule has 21 heavy (non-hydrogen) atoms. The summed E-state index contributed by atoms with van der Waals surface area (Å²) in [6, 6.07) is 0.391. The molecule has 0 saturated carbocycles. The molecule has 1 unspecified atom stereocenters. The Hall–Kier alpha value is -1.83. The summed E-state index contributed by atoms with van der Waals surface area (Å²) < 4.78 is 1.77. The second kappa shape index (κ2) is 7.26. The molecule has 0 radical (unpaired) electrons. The fourth-order valence-corrected chi connectivity index (χ4v) is 2.82. The lowest BCUT2D eigenvalue weighted by Crippen LogP contribution is -2.35. The Morgan fingerprint density at radius 1 is 1.38 bits per heavy atom. The Morgan fingerprint density at radius 3 is 2.76 bits per heavy atom. The number of aromatic nitrogens is 5. The molecule has 0 spiro atoms. The van der Waals surface area contributed by atoms with E-state index in [1.54, 1.807) is 24.1 Å². The number of anilines is 2. The van der Waals surface area contributed by atoms with Crippen LogP contribution in [0.4, 0.5) is 11.9 Å². The van der Waals surface area contributed by atoms with Crippen molar-refractivity contribution in [3.05, 3.63) is 18.7 Å². The molecule has 8 heteroatoms. The summed E-state index contributed by atoms with van der Waals surface area (Å²) in [6.07, 6.45) is 8.35. The van der Waals surface area contributed by atoms with Gasteiger partial charge < -0.3 is 10.2 Å². The summed E-state index contributed by atoms with van der Waals surface area (Å²) in [6.45, 7) is 2.17. The molecule has 1 atom stereocenters. The van der Waals surface area contributed by atoms with Gasteiger partial charge in [0.1, 0.15) is 6.33 Å². The standard InChI is InChI=1S/C13H21N7S/c1-5-10(8-21-4)19(3)12-16-11(14-2)17-13(18-12)20-7-6-15-9-20/h6-7,9-10H,5,8H2,1-4H3,(H,14,16,17,18). The van der Waals surface area contributed by atoms with Crippen molar-refractivity contribution in [3.8, 4) is 5.95 Å². The summed E-state index contributed by atoms with van der Waals surface area (Å²) in [5.41, 5.74) is 0. The second-order valence-corrected chi connectivity index (χ2v) is 5.52. The fraction of sp³-hybridized carbons (Fsp3) is 0.538. The monoisotopic (exact) mass is 307 g/mol. The zero-order valence-electron chi connectivity index (χ0n) is 12.8. The molecule has 0 saturated heterocycles. The highest BCUT2D eigenvalue weighted by atomic mass is 32.2. The lowest BCUT2D eigenvalue weighted by molar-refractivity contribution is 0.653. The first kappa shape index (κ1) is 15.6. The van der Waals surface area contributed by atoms with Gasteiger partial charge in [-0.15, -0.1) is 0 Å². The molecule has 2 heterocycles. The summed E-state index contributed by atoms with van der Waals surface area (Å²) in [5, 5.41) is 2.99. The third-order valence-electron chi connectivity index (χ3n) is 3.26. The predicted octanol–water partition coefficient (Wildman–Crippen LogP) is 1.68. The smallest absolute Gasteiger partial charge is 0.241 e. The Kier molecular flexibility index (Phi) is 5.38. The summed E-state index contributed by atoms with van der Waals surface area (Å²) in [5.74, 6) is 2.81. The molecule has 0 fully saturated rings. The van der Waals surface area contributed by atoms with Crippen LogP contribution in [0, 0.1) is 0 Å². The van der Waals surface area contributed by atoms with Crippen molar-refractivity contribution >= 4 is 23.7 Å². The third-order valence-corrected chi connectivity index (χ3v) is 3.98. The summed E-state index contributed by atoms with van der Waals surface area (Å²) in [4.78, 5) is 19.5. The molecule has 7 nitrogen and oxygen atoms in total. The van der Waals surface area contributed by atoms with E-state index in [2.05, 4.69) is 43.3 Å². The van der Waals surface area contributed by atoms with Crippen LogP contribution in [0.5, 0.6) is 0 Å². The van der Waals surface area contributed by atoms with Crippen LogP contribution in [-0.2, 0) is 0 Å². The molecule has 0 aliphatic heterocycles. The van der Waals surface area contributed by atoms with Crippen LogP contribution >= 0.6 is 11.8 Å². The van der Waals surface area contributed by atoms with E-state index in [9.17, 15) is 0 Å². The van der Waals surface area contributed by atoms with Crippen LogP contribution in [0.3, 0.4) is 0 Å². The van der Waals surface area contributed by atoms with Crippen molar-refractivity contribution in [1.82, 2.24) is 24.5 Å². The van der Waals surface area contributed by atoms with E-state index in [-0.39, 0.29) is 0 Å². The number of hydrogen-bond acceptors (Lipinski definition) is 7. The predicted molar refractivity (Wildman–Crippen MR) is 87.4 cm³/mol. The normalized spacial score (nSPS) is 12.2. The van der Waals surface area contributed by atoms with Crippen molar-refractivity contribution in [3.63, 3.8) is 0 Å². The van der Waals surface area contributed by atoms with Crippen molar-refractivity contribution < 1.29 is 0 Å². The molecule has 2 aromatic heterocycles. The molecular formula is C13H21N7S. The van der Waals surface area contributed by atoms with E-state index in [4.69, 9.17) is 0 Å². The molecule has 0 aliphatic carbocycles. The first-order valence-electron chi connectivity index (χ1n) is 6.83. The average molecular weight is 307 g/mol. The first-order chi connectivity index (χ1) is 10.2. The van der Waals surface area contributed by atoms with E-state index in [0.717, 1.165) is 12.2 Å². The Balaban J connectivity index is 2.36. The van der Waals surface area contributed by atoms with Gasteiger partial charge in [0.05, 0.1) is 0 Å². The number of imidazole rings is 1. The number of nitrogens with zero attached hydrogens (tertiary/aromatic N) is 6. The van der Waals surface area contributed by atoms with E-state index in [1.165, 1.54) is 0 Å². The Labute approximate surface area is 129 Å². The molecule has 2 aromatic rings. The van der Waals surface area contributed by atoms with Gasteiger partial charge in [-0.25, -0.2) is 4.98 Å². The molecule has 0 aliphatic rings. The van der Waals surface area contributed by atoms with Crippen molar-refractivity contribution in [2.75, 3.05) is 36.3 Å². The second-order valence-electron chi connectivity index (χ2n) is 4.61. The van der Waals surface area contributed by atoms with Gasteiger partial charge >= 0.3 is 0 Å². The van der Waals surface area contributed by atoms with Crippen LogP contribution in [0.15, 0.2) is 18.7 Å². The van der Waals surface area contributed by atoms with Crippen LogP contribution in [-0.4, -0.2) is 56.6 Å². The zero-order valence-corrected chi connectivity index (χ0v) is 13.6. The molecule has 0 amide bonds. The van der Waals surface area contributed by atoms with E-state index >= 15 is 0 Å². The van der Waals surface area contributed by atoms with Crippen LogP contribution < -0.4 is 10.2 Å². The molecule has 2 rings (SSSR count). The minimum Gasteiger partial charge on any atom is -0.357 e. The topological polar surface area (TPSA) is 71.8 Å². The largest absolute Gasteiger partial charge is 0.357 e. The molecule has 0 aromatic carbocycles. The lowest BCUT2D eigenvalue weighted by atomic mass is 10.2. The highest BCUT2D eigenvalue weighted by Gasteiger charge is 2.17. The first-order valence-corrected chi connectivity index (χ1v) is 8.22. The molecule has 114 valence electrons. The van der Waals surface area contributed by atoms with E-state index in [1.807, 2.05) is 25.0 Å². The molecule has 1 N–H and O–H groups in total. The minimum absolute atomic E-state index is 0.391. The van der Waals surface area contributed by atoms with Crippen molar-refractivity contribution in [1.29, 1.82) is 0 Å². The van der Waals surface area contributed by atoms with Gasteiger partial charge in [0.2, 0.25) is 17.8 Å². The highest BCUT2D eigenvalue weighted by Crippen LogP contribution is 2.17. The Bertz CT molecular complexity index is 558. The zero-order chi connectivity index (χ0) is 15.2. The maximum Gasteiger partial charge on any atom is 0.241 e. The van der Waals surface area contributed by atoms with Gasteiger partial charge in [0.15, 0.2) is 0 Å². The number of thioether (sulfide) groups is 1. The molecule has 0 bridgehead atoms. The summed E-state index contributed by atoms with van der Waals surface area (Å²) >= 11 is 1.83. The number of rotatable bonds is 7. The van der Waals surface area contributed by atoms with E-state index < -0.39 is 0 Å². The minimum atomic E-state index is 0.391. The number of nitrogens with one attached hydrogen (secondary N) is 1. The van der Waals surface area contributed by atoms with E-state index in [0.29, 0.717) is 23.9 Å². The maximum absolute atomic E-state index is 4.55. The van der Waals surface area contributed by atoms with Gasteiger partial charge in [0.25, 0.3) is 0 Å². The summed E-state index contributed by atoms with van der Waals surface area (Å²) in [7, 11) is 3.83. The lowest BCUT2D eigenvalue weighted by Gasteiger charge is -2.27. The fourth-order valence-electron chi connectivity index (χ4n) is 1.98. The SMILES string of the molecule is CCC(CSC)N(C)c1nc(NC)nc(-n2ccnc2)n1. The maximum atomic E-state index is 4.55. The van der Waals surface area contributed by atoms with Crippen LogP contribution in [0.1, 0.15) is 13.3 Å². The third kappa shape index (κ3) is 3.63. The van der Waals surface area contributed by atoms with Gasteiger partial charge in [-0.1, -0.05) is 6.92 Å². The van der Waals surface area contributed by atoms with Crippen molar-refractivity contribution in [2.45, 2.75) is 19.4 Å². The number of hydrogen-bond donors (Lipinski definition) is 1. The molecular weight excluding hydrogens is 286 g/mol. The van der Waals surface area contributed by atoms with Crippen molar-refractivity contribution in [2.24, 2.45) is 0 Å². The van der Waals surface area contributed by atoms with Crippen LogP contribution in [0.25, 0.3) is 5.95 Å². The Morgan fingerprint density at radius 2 is 2.19 bits per heavy atom. The van der Waals surface area contributed by atoms with Gasteiger partial charge in [-0.05, 0) is 12.7 Å². The average Bonchev–Trinajstić information content (AvgIpc) is 3.05. The van der Waals surface area contributed by atoms with Crippen LogP contribution in [0.2, 0.25) is 0 Å². The van der Waals surface area contributed by atoms with Gasteiger partial charge in [-0.2, -0.15) is 26.7 Å². The van der Waals surface area contributed by atoms with Gasteiger partial charge in [0, 0.05) is 38.3 Å². The quantitative estimate of drug-likeness (QED) is 0.834.